The number of hydrogen-bond acceptors (Lipinski definition) is 44. The lowest BCUT2D eigenvalue weighted by molar-refractivity contribution is -0.404. The van der Waals surface area contributed by atoms with Crippen molar-refractivity contribution in [1.29, 1.82) is 0 Å². The van der Waals surface area contributed by atoms with Crippen LogP contribution < -0.4 is 0 Å². The summed E-state index contributed by atoms with van der Waals surface area (Å²) in [7, 11) is 0. The Morgan fingerprint density at radius 3 is 1.53 bits per heavy atom. The zero-order valence-corrected chi connectivity index (χ0v) is 71.7. The Morgan fingerprint density at radius 1 is 0.444 bits per heavy atom. The summed E-state index contributed by atoms with van der Waals surface area (Å²) in [6.45, 7) is 12.2. The van der Waals surface area contributed by atoms with Crippen molar-refractivity contribution in [2.24, 2.45) is 50.2 Å². The molecule has 50 atom stereocenters. The van der Waals surface area contributed by atoms with Gasteiger partial charge >= 0.3 is 11.9 Å². The molecule has 20 unspecified atom stereocenters. The molecular weight excluding hydrogens is 1690 g/mol. The minimum absolute atomic E-state index is 0.00455. The number of ether oxygens (including phenoxy) is 19. The van der Waals surface area contributed by atoms with Gasteiger partial charge in [0.25, 0.3) is 0 Å². The van der Waals surface area contributed by atoms with Crippen molar-refractivity contribution in [2.75, 3.05) is 46.2 Å². The van der Waals surface area contributed by atoms with E-state index in [4.69, 9.17) is 90.0 Å². The number of allylic oxidation sites excluding steroid dienone is 2. The lowest BCUT2D eigenvalue weighted by Crippen LogP contribution is -2.69. The first kappa shape index (κ1) is 98.8. The quantitative estimate of drug-likeness (QED) is 0.0195. The fraction of sp³-hybridized carbons (Fsp3) is 0.939. The minimum Gasteiger partial charge on any atom is -0.457 e. The predicted molar refractivity (Wildman–Crippen MR) is 409 cm³/mol. The van der Waals surface area contributed by atoms with Crippen LogP contribution in [0.1, 0.15) is 127 Å². The van der Waals surface area contributed by atoms with Gasteiger partial charge in [-0.2, -0.15) is 0 Å². The summed E-state index contributed by atoms with van der Waals surface area (Å²) in [5.41, 5.74) is -7.45. The average Bonchev–Trinajstić information content (AvgIpc) is 0.781. The van der Waals surface area contributed by atoms with Crippen molar-refractivity contribution in [3.8, 4) is 0 Å². The van der Waals surface area contributed by atoms with E-state index in [0.29, 0.717) is 38.5 Å². The molecule has 14 rings (SSSR count). The van der Waals surface area contributed by atoms with Crippen molar-refractivity contribution in [3.63, 3.8) is 0 Å². The highest BCUT2D eigenvalue weighted by Gasteiger charge is 2.74. The topological polar surface area (TPSA) is 672 Å². The molecule has 722 valence electrons. The van der Waals surface area contributed by atoms with Crippen molar-refractivity contribution >= 4 is 18.2 Å². The van der Waals surface area contributed by atoms with E-state index in [2.05, 4.69) is 26.8 Å². The lowest BCUT2D eigenvalue weighted by Gasteiger charge is -2.71. The molecule has 9 heterocycles. The largest absolute Gasteiger partial charge is 0.457 e. The number of aliphatic hydroxyl groups is 22. The number of carbonyl (C=O) groups is 3. The third-order valence-corrected chi connectivity index (χ3v) is 30.7. The van der Waals surface area contributed by atoms with Gasteiger partial charge in [-0.3, -0.25) is 9.59 Å². The Labute approximate surface area is 725 Å². The summed E-state index contributed by atoms with van der Waals surface area (Å²) in [5.74, 6) is -3.51. The van der Waals surface area contributed by atoms with E-state index in [1.54, 1.807) is 6.92 Å². The van der Waals surface area contributed by atoms with Gasteiger partial charge < -0.3 is 207 Å². The Hall–Kier alpha value is -3.21. The number of hydrogen-bond donors (Lipinski definition) is 22. The van der Waals surface area contributed by atoms with Gasteiger partial charge in [0.05, 0.1) is 82.2 Å². The molecule has 0 aromatic heterocycles. The molecule has 126 heavy (non-hydrogen) atoms. The molecule has 13 fully saturated rings. The molecule has 0 radical (unpaired) electrons. The maximum absolute atomic E-state index is 16.6. The second kappa shape index (κ2) is 37.8. The van der Waals surface area contributed by atoms with E-state index in [1.807, 2.05) is 13.8 Å². The summed E-state index contributed by atoms with van der Waals surface area (Å²) in [5, 5.41) is 246. The van der Waals surface area contributed by atoms with Crippen LogP contribution in [0.4, 0.5) is 0 Å². The number of aldehydes is 1. The number of esters is 2. The van der Waals surface area contributed by atoms with E-state index in [0.717, 1.165) is 18.8 Å². The molecule has 22 N–H and O–H groups in total. The van der Waals surface area contributed by atoms with Crippen LogP contribution in [-0.4, -0.2) is 434 Å². The molecule has 9 saturated heterocycles. The Bertz CT molecular complexity index is 3740. The van der Waals surface area contributed by atoms with Crippen molar-refractivity contribution in [3.05, 3.63) is 11.6 Å². The molecule has 44 nitrogen and oxygen atoms in total. The van der Waals surface area contributed by atoms with Crippen LogP contribution in [0.5, 0.6) is 0 Å². The number of aliphatic hydroxyl groups excluding tert-OH is 21. The van der Waals surface area contributed by atoms with Crippen LogP contribution in [-0.2, 0) is 104 Å². The van der Waals surface area contributed by atoms with Gasteiger partial charge in [-0.25, -0.2) is 0 Å². The first-order valence-corrected chi connectivity index (χ1v) is 43.5. The summed E-state index contributed by atoms with van der Waals surface area (Å²) >= 11 is 0. The summed E-state index contributed by atoms with van der Waals surface area (Å²) in [6.07, 6.45) is -69.0. The number of fused-ring (bicyclic) bond motifs is 7. The highest BCUT2D eigenvalue weighted by Crippen LogP contribution is 2.76. The van der Waals surface area contributed by atoms with E-state index < -0.39 is 360 Å². The highest BCUT2D eigenvalue weighted by molar-refractivity contribution is 5.80. The second-order valence-electron chi connectivity index (χ2n) is 39.0. The number of carbonyl (C=O) groups excluding carboxylic acids is 3. The highest BCUT2D eigenvalue weighted by atomic mass is 16.8. The van der Waals surface area contributed by atoms with Gasteiger partial charge in [0.1, 0.15) is 170 Å². The zero-order chi connectivity index (χ0) is 91.8. The number of rotatable bonds is 23. The van der Waals surface area contributed by atoms with Gasteiger partial charge in [0.2, 0.25) is 6.29 Å². The monoisotopic (exact) mass is 1820 g/mol. The standard InChI is InChI=1S/C82H130O44/c1-29-44(92)48(96)52(100)68(112-29)123-62-58(115-32(4)87)31(3)114-73(64(62)125-71-56(104)61(122-69-53(101)49(97)46(94)38(21-83)116-69)57(30(2)113-71)119-67-55(103)59(36(89)24-109-67)120-74-65(105)81(107,27-86)28-111-74)126-75(106)82-18-17-76(5,6)19-34(82)33-11-12-41-77(7)15-14-43(78(8,26-85)40(77)13-16-79(41,9)80(33,10)20-42(82)91)118-72-63(124-70-54(102)50(98)47(95)39(22-84)117-70)60(37(90)25-110-72)121-66-51(99)45(93)35(88)23-108-66/h11,26,29-31,34-74,83-84,86,88-105,107H,12-25,27-28H2,1-10H3/t29?,30?,31?,34?,35-,36-,37-,38?,39?,40-,41?,42+,43+,44+,45+,46-,47+,48?,49?,50+,51?,52+,53-,54?,55-,56?,57+,58+,59?,60+,61+,62?,63?,64-,65?,66+,67+,68+,69+,70+,71+,72+,73+,74+,77?,78?,79?,80?,81+,82-/m1/s1. The normalized spacial score (nSPS) is 54.6. The molecule has 0 amide bonds. The molecule has 44 heteroatoms. The molecule has 4 saturated carbocycles. The smallest absolute Gasteiger partial charge is 0.317 e. The van der Waals surface area contributed by atoms with Gasteiger partial charge in [0, 0.05) is 6.92 Å². The average molecular weight is 1820 g/mol. The predicted octanol–water partition coefficient (Wildman–Crippen LogP) is -8.55. The summed E-state index contributed by atoms with van der Waals surface area (Å²) in [6, 6.07) is 0. The molecule has 0 bridgehead atoms. The van der Waals surface area contributed by atoms with Crippen LogP contribution in [0, 0.1) is 50.2 Å². The van der Waals surface area contributed by atoms with Crippen LogP contribution in [0.2, 0.25) is 0 Å². The van der Waals surface area contributed by atoms with Gasteiger partial charge in [-0.1, -0.05) is 53.2 Å². The third kappa shape index (κ3) is 17.5. The van der Waals surface area contributed by atoms with Crippen molar-refractivity contribution in [2.45, 2.75) is 385 Å². The second-order valence-corrected chi connectivity index (χ2v) is 39.0. The molecule has 14 aliphatic rings. The van der Waals surface area contributed by atoms with E-state index >= 15 is 4.79 Å². The fourth-order valence-corrected chi connectivity index (χ4v) is 23.0. The first-order chi connectivity index (χ1) is 59.2. The molecule has 9 aliphatic heterocycles. The first-order valence-electron chi connectivity index (χ1n) is 43.5. The maximum Gasteiger partial charge on any atom is 0.317 e. The van der Waals surface area contributed by atoms with E-state index in [9.17, 15) is 122 Å². The van der Waals surface area contributed by atoms with Crippen LogP contribution in [0.15, 0.2) is 11.6 Å². The van der Waals surface area contributed by atoms with Crippen molar-refractivity contribution < 1.29 is 217 Å². The van der Waals surface area contributed by atoms with E-state index in [1.165, 1.54) is 20.8 Å². The zero-order valence-electron chi connectivity index (χ0n) is 71.7. The Morgan fingerprint density at radius 2 is 0.937 bits per heavy atom. The molecule has 0 spiro atoms. The molecule has 0 aromatic carbocycles. The van der Waals surface area contributed by atoms with Crippen LogP contribution in [0.25, 0.3) is 0 Å². The molecule has 0 aromatic rings. The fourth-order valence-electron chi connectivity index (χ4n) is 23.0. The van der Waals surface area contributed by atoms with E-state index in [-0.39, 0.29) is 25.2 Å². The van der Waals surface area contributed by atoms with Crippen LogP contribution >= 0.6 is 0 Å². The molecule has 5 aliphatic carbocycles. The lowest BCUT2D eigenvalue weighted by atomic mass is 9.33. The third-order valence-electron chi connectivity index (χ3n) is 30.7. The SMILES string of the molecule is CC(=O)O[C@H]1C(C)O[C@@H](OC(=O)[C@]23CCC(C)(C)CC2C2=CCC4C5(C)CC[C@H](O[C@@H]6OC[C@@H](O)[C@H](O[C@@H]7OC[C@@H](O)[C@H](O)C7O)C6O[C@@H]6OC(CO)[C@H](O)[C@H](O)C6O)C(C)(C=O)[C@@H]5CCC4(C)C2(C)C[C@@H]3O)[C@H](O[C@@H]2OC(C)[C@H](O[C@@H]3OC[C@@H](O)C(O[C@@H]4OC[C@@](O)(CO)C4O)[C@H]3O)[C@@H](O[C@@H]3OC(CO)[C@@H](O)C(O)[C@H]3O)C2O)C1O[C@@H]1OC(C)[C@H](O)C(O)[C@@H]1O. The maximum atomic E-state index is 16.6. The Balaban J connectivity index is 0.772. The van der Waals surface area contributed by atoms with Gasteiger partial charge in [-0.15, -0.1) is 0 Å². The Kier molecular flexibility index (Phi) is 29.6. The molecular formula is C82H130O44. The summed E-state index contributed by atoms with van der Waals surface area (Å²) < 4.78 is 117. The van der Waals surface area contributed by atoms with Gasteiger partial charge in [-0.05, 0) is 118 Å². The van der Waals surface area contributed by atoms with Crippen LogP contribution in [0.3, 0.4) is 0 Å². The summed E-state index contributed by atoms with van der Waals surface area (Å²) in [4.78, 5) is 44.4. The van der Waals surface area contributed by atoms with Gasteiger partial charge in [0.15, 0.2) is 62.5 Å². The minimum atomic E-state index is -2.34. The van der Waals surface area contributed by atoms with Crippen molar-refractivity contribution in [1.82, 2.24) is 0 Å².